The molecule has 8 nitrogen and oxygen atoms in total. The fraction of sp³-hybridized carbons (Fsp3) is 0.333. The van der Waals surface area contributed by atoms with Gasteiger partial charge in [-0.25, -0.2) is 9.97 Å². The first-order chi connectivity index (χ1) is 17.7. The summed E-state index contributed by atoms with van der Waals surface area (Å²) in [5, 5.41) is 9.53. The summed E-state index contributed by atoms with van der Waals surface area (Å²) in [5.74, 6) is 0.332. The van der Waals surface area contributed by atoms with Crippen LogP contribution in [0.1, 0.15) is 38.7 Å². The van der Waals surface area contributed by atoms with E-state index in [-0.39, 0.29) is 12.2 Å². The summed E-state index contributed by atoms with van der Waals surface area (Å²) in [6.07, 6.45) is 3.85. The first kappa shape index (κ1) is 25.5. The summed E-state index contributed by atoms with van der Waals surface area (Å²) in [7, 11) is 0. The molecule has 37 heavy (non-hydrogen) atoms. The highest BCUT2D eigenvalue weighted by atomic mass is 79.9. The molecule has 0 spiro atoms. The molecule has 4 aromatic rings. The third-order valence-electron chi connectivity index (χ3n) is 6.45. The fourth-order valence-corrected chi connectivity index (χ4v) is 4.62. The monoisotopic (exact) mass is 584 g/mol. The number of carbonyl (C=O) groups is 1. The summed E-state index contributed by atoms with van der Waals surface area (Å²) >= 11 is 10.3. The lowest BCUT2D eigenvalue weighted by Crippen LogP contribution is -2.13. The average Bonchev–Trinajstić information content (AvgIpc) is 3.47. The van der Waals surface area contributed by atoms with Gasteiger partial charge in [-0.15, -0.1) is 0 Å². The topological polar surface area (TPSA) is 99.4 Å². The van der Waals surface area contributed by atoms with Gasteiger partial charge in [0.1, 0.15) is 23.5 Å². The Labute approximate surface area is 227 Å². The van der Waals surface area contributed by atoms with Gasteiger partial charge in [0.2, 0.25) is 5.88 Å². The smallest absolute Gasteiger partial charge is 0.306 e. The van der Waals surface area contributed by atoms with Crippen LogP contribution in [0, 0.1) is 5.92 Å². The second kappa shape index (κ2) is 10.3. The molecule has 10 heteroatoms. The molecule has 1 N–H and O–H groups in total. The van der Waals surface area contributed by atoms with Crippen LogP contribution in [0.25, 0.3) is 22.6 Å². The summed E-state index contributed by atoms with van der Waals surface area (Å²) in [6.45, 7) is 4.51. The van der Waals surface area contributed by atoms with Crippen molar-refractivity contribution in [1.82, 2.24) is 19.5 Å². The van der Waals surface area contributed by atoms with Crippen molar-refractivity contribution in [2.24, 2.45) is 5.92 Å². The van der Waals surface area contributed by atoms with Crippen LogP contribution in [-0.4, -0.2) is 42.8 Å². The molecule has 0 aliphatic heterocycles. The van der Waals surface area contributed by atoms with Crippen molar-refractivity contribution in [2.75, 3.05) is 6.61 Å². The molecule has 0 bridgehead atoms. The first-order valence-corrected chi connectivity index (χ1v) is 13.2. The summed E-state index contributed by atoms with van der Waals surface area (Å²) in [5.41, 5.74) is 2.80. The number of benzene rings is 2. The van der Waals surface area contributed by atoms with Crippen molar-refractivity contribution in [1.29, 1.82) is 0 Å². The van der Waals surface area contributed by atoms with E-state index in [1.807, 2.05) is 34.9 Å². The second-order valence-electron chi connectivity index (χ2n) is 9.57. The maximum Gasteiger partial charge on any atom is 0.306 e. The molecule has 2 heterocycles. The molecule has 2 aromatic heterocycles. The minimum atomic E-state index is -0.844. The van der Waals surface area contributed by atoms with Gasteiger partial charge >= 0.3 is 5.97 Å². The lowest BCUT2D eigenvalue weighted by atomic mass is 10.1. The lowest BCUT2D eigenvalue weighted by molar-refractivity contribution is -0.141. The van der Waals surface area contributed by atoms with Crippen LogP contribution in [0.3, 0.4) is 0 Å². The van der Waals surface area contributed by atoms with E-state index in [1.165, 1.54) is 6.33 Å². The summed E-state index contributed by atoms with van der Waals surface area (Å²) in [6, 6.07) is 13.4. The van der Waals surface area contributed by atoms with Crippen LogP contribution in [0.2, 0.25) is 5.02 Å². The van der Waals surface area contributed by atoms with E-state index < -0.39 is 11.9 Å². The van der Waals surface area contributed by atoms with E-state index in [1.54, 1.807) is 13.0 Å². The van der Waals surface area contributed by atoms with E-state index in [2.05, 4.69) is 38.9 Å². The van der Waals surface area contributed by atoms with Gasteiger partial charge in [0.15, 0.2) is 11.2 Å². The number of aromatic nitrogens is 4. The summed E-state index contributed by atoms with van der Waals surface area (Å²) in [4.78, 5) is 24.9. The van der Waals surface area contributed by atoms with Crippen molar-refractivity contribution >= 4 is 44.7 Å². The van der Waals surface area contributed by atoms with Gasteiger partial charge in [0, 0.05) is 10.0 Å². The minimum Gasteiger partial charge on any atom is -0.494 e. The van der Waals surface area contributed by atoms with Gasteiger partial charge < -0.3 is 19.1 Å². The molecule has 1 aliphatic carbocycles. The number of fused-ring (bicyclic) bond motifs is 1. The molecule has 0 amide bonds. The number of carboxylic acid groups (broad SMARTS) is 1. The van der Waals surface area contributed by atoms with Crippen LogP contribution in [-0.2, 0) is 11.3 Å². The average molecular weight is 586 g/mol. The number of hydrogen-bond acceptors (Lipinski definition) is 6. The van der Waals surface area contributed by atoms with E-state index in [9.17, 15) is 4.79 Å². The Morgan fingerprint density at radius 3 is 2.76 bits per heavy atom. The zero-order valence-electron chi connectivity index (χ0n) is 20.4. The van der Waals surface area contributed by atoms with E-state index in [0.717, 1.165) is 22.9 Å². The molecule has 0 radical (unpaired) electrons. The molecule has 1 aliphatic rings. The molecule has 1 atom stereocenters. The zero-order chi connectivity index (χ0) is 26.2. The van der Waals surface area contributed by atoms with Gasteiger partial charge in [-0.3, -0.25) is 4.79 Å². The first-order valence-electron chi connectivity index (χ1n) is 12.0. The van der Waals surface area contributed by atoms with Crippen molar-refractivity contribution in [3.8, 4) is 23.0 Å². The van der Waals surface area contributed by atoms with Crippen LogP contribution < -0.4 is 9.47 Å². The Morgan fingerprint density at radius 1 is 1.24 bits per heavy atom. The molecule has 2 aromatic carbocycles. The van der Waals surface area contributed by atoms with Gasteiger partial charge in [-0.2, -0.15) is 4.98 Å². The second-order valence-corrected chi connectivity index (χ2v) is 10.9. The predicted octanol–water partition coefficient (Wildman–Crippen LogP) is 6.38. The van der Waals surface area contributed by atoms with Crippen molar-refractivity contribution < 1.29 is 19.4 Å². The van der Waals surface area contributed by atoms with E-state index >= 15 is 0 Å². The van der Waals surface area contributed by atoms with Crippen LogP contribution >= 0.6 is 27.5 Å². The number of halogens is 2. The minimum absolute atomic E-state index is 0.218. The quantitative estimate of drug-likeness (QED) is 0.231. The van der Waals surface area contributed by atoms with Crippen LogP contribution in [0.4, 0.5) is 0 Å². The van der Waals surface area contributed by atoms with Gasteiger partial charge in [0.25, 0.3) is 0 Å². The highest BCUT2D eigenvalue weighted by Crippen LogP contribution is 2.41. The number of nitrogens with zero attached hydrogens (tertiary/aromatic N) is 4. The molecule has 1 saturated carbocycles. The number of ether oxygens (including phenoxy) is 2. The van der Waals surface area contributed by atoms with E-state index in [0.29, 0.717) is 52.2 Å². The maximum atomic E-state index is 11.0. The molecule has 5 rings (SSSR count). The van der Waals surface area contributed by atoms with Crippen molar-refractivity contribution in [2.45, 2.75) is 45.3 Å². The number of aliphatic carboxylic acids is 1. The van der Waals surface area contributed by atoms with Gasteiger partial charge in [-0.1, -0.05) is 46.6 Å². The Hall–Kier alpha value is -3.17. The van der Waals surface area contributed by atoms with Gasteiger partial charge in [-0.05, 0) is 62.1 Å². The number of rotatable bonds is 10. The molecular weight excluding hydrogens is 560 g/mol. The normalized spacial score (nSPS) is 14.9. The Balaban J connectivity index is 1.52. The third-order valence-corrected chi connectivity index (χ3v) is 7.25. The van der Waals surface area contributed by atoms with E-state index in [4.69, 9.17) is 31.2 Å². The highest BCUT2D eigenvalue weighted by Gasteiger charge is 2.41. The van der Waals surface area contributed by atoms with Crippen LogP contribution in [0.5, 0.6) is 11.6 Å². The van der Waals surface area contributed by atoms with Crippen molar-refractivity contribution in [3.05, 3.63) is 63.9 Å². The number of imidazole rings is 1. The predicted molar refractivity (Wildman–Crippen MR) is 144 cm³/mol. The Morgan fingerprint density at radius 2 is 2.05 bits per heavy atom. The number of carboxylic acids is 1. The highest BCUT2D eigenvalue weighted by molar-refractivity contribution is 9.10. The zero-order valence-corrected chi connectivity index (χ0v) is 22.8. The fourth-order valence-electron chi connectivity index (χ4n) is 3.92. The Bertz CT molecular complexity index is 1470. The lowest BCUT2D eigenvalue weighted by Gasteiger charge is -2.13. The molecule has 1 fully saturated rings. The molecule has 192 valence electrons. The summed E-state index contributed by atoms with van der Waals surface area (Å²) < 4.78 is 14.9. The van der Waals surface area contributed by atoms with Crippen molar-refractivity contribution in [3.63, 3.8) is 0 Å². The maximum absolute atomic E-state index is 11.0. The largest absolute Gasteiger partial charge is 0.494 e. The van der Waals surface area contributed by atoms with Gasteiger partial charge in [0.05, 0.1) is 24.1 Å². The van der Waals surface area contributed by atoms with Crippen LogP contribution in [0.15, 0.2) is 53.3 Å². The molecule has 1 unspecified atom stereocenters. The molecule has 0 saturated heterocycles. The standard InChI is InChI=1S/C27H26BrClN4O4/c1-16(26(34)35)8-11-36-19-6-7-20(21(29)13-19)23-32-22-24(30-15-31-25(22)37-27(2)9-10-27)33(23)14-17-4-3-5-18(28)12-17/h3-7,12-13,15-16H,8-11,14H2,1-2H3,(H,34,35). The Kier molecular flexibility index (Phi) is 7.09. The number of hydrogen-bond donors (Lipinski definition) is 1. The third kappa shape index (κ3) is 5.72. The SMILES string of the molecule is CC(CCOc1ccc(-c2nc3c(OC4(C)CC4)ncnc3n2Cc2cccc(Br)c2)c(Cl)c1)C(=O)O. The molecular formula is C27H26BrClN4O4.